The Kier molecular flexibility index (Phi) is 4.98. The zero-order valence-electron chi connectivity index (χ0n) is 11.5. The minimum Gasteiger partial charge on any atom is -0.374 e. The number of halogens is 2. The normalized spacial score (nSPS) is 24.6. The number of benzene rings is 1. The summed E-state index contributed by atoms with van der Waals surface area (Å²) in [6, 6.07) is 5.41. The predicted molar refractivity (Wildman–Crippen MR) is 78.9 cm³/mol. The molecule has 1 aliphatic rings. The second-order valence-electron chi connectivity index (χ2n) is 5.31. The van der Waals surface area contributed by atoms with Crippen molar-refractivity contribution < 1.29 is 9.13 Å². The number of rotatable bonds is 5. The zero-order valence-corrected chi connectivity index (χ0v) is 13.1. The molecule has 2 rings (SSSR count). The molecule has 4 heteroatoms. The minimum atomic E-state index is -0.185. The van der Waals surface area contributed by atoms with Gasteiger partial charge in [0.05, 0.1) is 5.60 Å². The van der Waals surface area contributed by atoms with E-state index in [2.05, 4.69) is 35.1 Å². The summed E-state index contributed by atoms with van der Waals surface area (Å²) in [5, 5.41) is 3.45. The highest BCUT2D eigenvalue weighted by Gasteiger charge is 2.38. The molecule has 0 spiro atoms. The van der Waals surface area contributed by atoms with Crippen LogP contribution in [0.1, 0.15) is 32.3 Å². The molecule has 0 radical (unpaired) electrons. The topological polar surface area (TPSA) is 21.3 Å². The van der Waals surface area contributed by atoms with Crippen molar-refractivity contribution in [3.8, 4) is 0 Å². The molecule has 1 N–H and O–H groups in total. The van der Waals surface area contributed by atoms with Gasteiger partial charge in [0.2, 0.25) is 0 Å². The molecule has 0 aliphatic carbocycles. The maximum absolute atomic E-state index is 14.0. The van der Waals surface area contributed by atoms with Crippen LogP contribution in [0.5, 0.6) is 0 Å². The Morgan fingerprint density at radius 3 is 2.89 bits per heavy atom. The van der Waals surface area contributed by atoms with E-state index in [1.54, 1.807) is 0 Å². The van der Waals surface area contributed by atoms with Crippen molar-refractivity contribution in [3.63, 3.8) is 0 Å². The van der Waals surface area contributed by atoms with Gasteiger partial charge < -0.3 is 10.1 Å². The van der Waals surface area contributed by atoms with E-state index < -0.39 is 0 Å². The predicted octanol–water partition coefficient (Wildman–Crippen LogP) is 3.68. The van der Waals surface area contributed by atoms with E-state index in [1.165, 1.54) is 6.07 Å². The summed E-state index contributed by atoms with van der Waals surface area (Å²) in [5.41, 5.74) is 0.557. The molecule has 2 nitrogen and oxygen atoms in total. The lowest BCUT2D eigenvalue weighted by atomic mass is 9.88. The Bertz CT molecular complexity index is 432. The average Bonchev–Trinajstić information content (AvgIpc) is 2.80. The maximum Gasteiger partial charge on any atom is 0.127 e. The molecule has 1 aliphatic heterocycles. The number of likely N-dealkylation sites (N-methyl/N-ethyl adjacent to an activating group) is 1. The van der Waals surface area contributed by atoms with E-state index in [0.29, 0.717) is 6.42 Å². The van der Waals surface area contributed by atoms with Gasteiger partial charge in [-0.15, -0.1) is 0 Å². The van der Waals surface area contributed by atoms with Crippen LogP contribution in [0.25, 0.3) is 0 Å². The SMILES string of the molecule is CCNC(Cc1ccc(Br)cc1F)C1(C)CCCO1. The first-order valence-electron chi connectivity index (χ1n) is 6.86. The molecular formula is C15H21BrFNO. The summed E-state index contributed by atoms with van der Waals surface area (Å²) in [7, 11) is 0. The van der Waals surface area contributed by atoms with Gasteiger partial charge in [0.1, 0.15) is 5.82 Å². The molecule has 2 atom stereocenters. The molecule has 1 saturated heterocycles. The Morgan fingerprint density at radius 1 is 1.53 bits per heavy atom. The quantitative estimate of drug-likeness (QED) is 0.889. The van der Waals surface area contributed by atoms with E-state index in [9.17, 15) is 4.39 Å². The van der Waals surface area contributed by atoms with Gasteiger partial charge in [-0.25, -0.2) is 4.39 Å². The van der Waals surface area contributed by atoms with Gasteiger partial charge in [-0.1, -0.05) is 28.9 Å². The van der Waals surface area contributed by atoms with Gasteiger partial charge in [0.15, 0.2) is 0 Å². The largest absolute Gasteiger partial charge is 0.374 e. The van der Waals surface area contributed by atoms with Crippen molar-refractivity contribution in [1.29, 1.82) is 0 Å². The lowest BCUT2D eigenvalue weighted by Gasteiger charge is -2.34. The Balaban J connectivity index is 2.16. The highest BCUT2D eigenvalue weighted by molar-refractivity contribution is 9.10. The Morgan fingerprint density at radius 2 is 2.32 bits per heavy atom. The number of ether oxygens (including phenoxy) is 1. The smallest absolute Gasteiger partial charge is 0.127 e. The van der Waals surface area contributed by atoms with Crippen LogP contribution >= 0.6 is 15.9 Å². The van der Waals surface area contributed by atoms with E-state index in [1.807, 2.05) is 12.1 Å². The molecule has 106 valence electrons. The summed E-state index contributed by atoms with van der Waals surface area (Å²) < 4.78 is 20.6. The summed E-state index contributed by atoms with van der Waals surface area (Å²) in [6.07, 6.45) is 2.77. The first kappa shape index (κ1) is 14.9. The Hall–Kier alpha value is -0.450. The molecular weight excluding hydrogens is 309 g/mol. The van der Waals surface area contributed by atoms with Crippen molar-refractivity contribution in [3.05, 3.63) is 34.1 Å². The number of nitrogens with one attached hydrogen (secondary N) is 1. The highest BCUT2D eigenvalue weighted by Crippen LogP contribution is 2.31. The highest BCUT2D eigenvalue weighted by atomic mass is 79.9. The van der Waals surface area contributed by atoms with Crippen molar-refractivity contribution in [2.75, 3.05) is 13.2 Å². The van der Waals surface area contributed by atoms with Crippen LogP contribution in [-0.4, -0.2) is 24.8 Å². The standard InChI is InChI=1S/C15H21BrFNO/c1-3-18-14(15(2)7-4-8-19-15)9-11-5-6-12(16)10-13(11)17/h5-6,10,14,18H,3-4,7-9H2,1-2H3. The second kappa shape index (κ2) is 6.33. The average molecular weight is 330 g/mol. The monoisotopic (exact) mass is 329 g/mol. The number of hydrogen-bond acceptors (Lipinski definition) is 2. The van der Waals surface area contributed by atoms with Crippen molar-refractivity contribution in [1.82, 2.24) is 5.32 Å². The van der Waals surface area contributed by atoms with Crippen molar-refractivity contribution in [2.24, 2.45) is 0 Å². The minimum absolute atomic E-state index is 0.149. The first-order valence-corrected chi connectivity index (χ1v) is 7.66. The van der Waals surface area contributed by atoms with Gasteiger partial charge in [-0.2, -0.15) is 0 Å². The second-order valence-corrected chi connectivity index (χ2v) is 6.23. The fraction of sp³-hybridized carbons (Fsp3) is 0.600. The van der Waals surface area contributed by atoms with Crippen LogP contribution in [0.3, 0.4) is 0 Å². The summed E-state index contributed by atoms with van der Waals surface area (Å²) in [6.45, 7) is 5.87. The molecule has 0 bridgehead atoms. The van der Waals surface area contributed by atoms with Gasteiger partial charge >= 0.3 is 0 Å². The molecule has 2 unspecified atom stereocenters. The first-order chi connectivity index (χ1) is 9.05. The van der Waals surface area contributed by atoms with Gasteiger partial charge in [-0.05, 0) is 50.4 Å². The third kappa shape index (κ3) is 3.56. The van der Waals surface area contributed by atoms with E-state index in [0.717, 1.165) is 36.0 Å². The third-order valence-corrected chi connectivity index (χ3v) is 4.37. The fourth-order valence-corrected chi connectivity index (χ4v) is 3.07. The van der Waals surface area contributed by atoms with Gasteiger partial charge in [-0.3, -0.25) is 0 Å². The van der Waals surface area contributed by atoms with Crippen LogP contribution in [0.4, 0.5) is 4.39 Å². The summed E-state index contributed by atoms with van der Waals surface area (Å²) >= 11 is 3.29. The fourth-order valence-electron chi connectivity index (χ4n) is 2.73. The molecule has 0 aromatic heterocycles. The number of hydrogen-bond donors (Lipinski definition) is 1. The van der Waals surface area contributed by atoms with Crippen molar-refractivity contribution >= 4 is 15.9 Å². The van der Waals surface area contributed by atoms with E-state index >= 15 is 0 Å². The van der Waals surface area contributed by atoms with Crippen LogP contribution in [0, 0.1) is 5.82 Å². The molecule has 1 aromatic carbocycles. The van der Waals surface area contributed by atoms with E-state index in [4.69, 9.17) is 4.74 Å². The molecule has 1 fully saturated rings. The van der Waals surface area contributed by atoms with Crippen LogP contribution in [-0.2, 0) is 11.2 Å². The molecule has 0 saturated carbocycles. The Labute approximate surface area is 122 Å². The maximum atomic E-state index is 14.0. The van der Waals surface area contributed by atoms with Crippen LogP contribution in [0.15, 0.2) is 22.7 Å². The van der Waals surface area contributed by atoms with Gasteiger partial charge in [0.25, 0.3) is 0 Å². The summed E-state index contributed by atoms with van der Waals surface area (Å²) in [5.74, 6) is -0.154. The summed E-state index contributed by atoms with van der Waals surface area (Å²) in [4.78, 5) is 0. The zero-order chi connectivity index (χ0) is 13.9. The third-order valence-electron chi connectivity index (χ3n) is 3.88. The van der Waals surface area contributed by atoms with Crippen LogP contribution < -0.4 is 5.32 Å². The molecule has 0 amide bonds. The molecule has 1 aromatic rings. The molecule has 1 heterocycles. The van der Waals surface area contributed by atoms with E-state index in [-0.39, 0.29) is 17.5 Å². The van der Waals surface area contributed by atoms with Gasteiger partial charge in [0, 0.05) is 17.1 Å². The molecule has 19 heavy (non-hydrogen) atoms. The van der Waals surface area contributed by atoms with Crippen molar-refractivity contribution in [2.45, 2.75) is 44.8 Å². The lowest BCUT2D eigenvalue weighted by molar-refractivity contribution is -0.0112. The lowest BCUT2D eigenvalue weighted by Crippen LogP contribution is -2.49. The van der Waals surface area contributed by atoms with Crippen LogP contribution in [0.2, 0.25) is 0 Å².